The van der Waals surface area contributed by atoms with Gasteiger partial charge in [0.05, 0.1) is 18.7 Å². The summed E-state index contributed by atoms with van der Waals surface area (Å²) in [5.74, 6) is -0.0964. The van der Waals surface area contributed by atoms with Gasteiger partial charge in [0.2, 0.25) is 11.8 Å². The zero-order valence-corrected chi connectivity index (χ0v) is 18.2. The van der Waals surface area contributed by atoms with Gasteiger partial charge in [0.25, 0.3) is 5.56 Å². The Kier molecular flexibility index (Phi) is 6.23. The van der Waals surface area contributed by atoms with Crippen molar-refractivity contribution in [2.24, 2.45) is 17.8 Å². The van der Waals surface area contributed by atoms with Crippen molar-refractivity contribution in [2.45, 2.75) is 19.4 Å². The van der Waals surface area contributed by atoms with E-state index in [0.29, 0.717) is 29.3 Å². The lowest BCUT2D eigenvalue weighted by Gasteiger charge is -2.22. The number of pyridine rings is 1. The SMILES string of the molecule is Cn1c(=O)ccc2ccc(N(CCO)C(=O)CCC(=O)Nc3ccc4c(c3)CN=C4N)cc21. The summed E-state index contributed by atoms with van der Waals surface area (Å²) in [7, 11) is 1.66. The molecule has 2 aromatic carbocycles. The summed E-state index contributed by atoms with van der Waals surface area (Å²) in [5.41, 5.74) is 9.33. The number of amides is 2. The van der Waals surface area contributed by atoms with Crippen molar-refractivity contribution in [1.29, 1.82) is 0 Å². The summed E-state index contributed by atoms with van der Waals surface area (Å²) in [4.78, 5) is 42.9. The topological polar surface area (TPSA) is 130 Å². The van der Waals surface area contributed by atoms with Crippen LogP contribution in [0.5, 0.6) is 0 Å². The number of amidine groups is 1. The molecule has 2 amide bonds. The lowest BCUT2D eigenvalue weighted by Crippen LogP contribution is -2.34. The highest BCUT2D eigenvalue weighted by Crippen LogP contribution is 2.23. The Morgan fingerprint density at radius 2 is 1.94 bits per heavy atom. The highest BCUT2D eigenvalue weighted by Gasteiger charge is 2.18. The van der Waals surface area contributed by atoms with Crippen LogP contribution in [0.3, 0.4) is 0 Å². The van der Waals surface area contributed by atoms with E-state index in [2.05, 4.69) is 10.3 Å². The molecule has 0 atom stereocenters. The fraction of sp³-hybridized carbons (Fsp3) is 0.250. The third-order valence-corrected chi connectivity index (χ3v) is 5.70. The standard InChI is InChI=1S/C24H25N5O4/c1-28-20-13-18(5-2-15(20)3-8-22(28)32)29(10-11-30)23(33)9-7-21(31)27-17-4-6-19-16(12-17)14-26-24(19)25/h2-6,8,12-13,30H,7,9-11,14H2,1H3,(H2,25,26)(H,27,31). The van der Waals surface area contributed by atoms with E-state index >= 15 is 0 Å². The Hall–Kier alpha value is -3.98. The van der Waals surface area contributed by atoms with E-state index in [0.717, 1.165) is 16.5 Å². The Morgan fingerprint density at radius 1 is 1.15 bits per heavy atom. The number of fused-ring (bicyclic) bond motifs is 2. The minimum atomic E-state index is -0.297. The molecule has 0 aliphatic carbocycles. The molecule has 0 radical (unpaired) electrons. The van der Waals surface area contributed by atoms with E-state index in [4.69, 9.17) is 5.73 Å². The second-order valence-electron chi connectivity index (χ2n) is 7.86. The van der Waals surface area contributed by atoms with Crippen molar-refractivity contribution in [3.8, 4) is 0 Å². The molecule has 0 spiro atoms. The van der Waals surface area contributed by atoms with Gasteiger partial charge in [-0.05, 0) is 47.3 Å². The second-order valence-corrected chi connectivity index (χ2v) is 7.86. The normalized spacial score (nSPS) is 12.4. The first-order valence-electron chi connectivity index (χ1n) is 10.6. The van der Waals surface area contributed by atoms with Gasteiger partial charge in [-0.15, -0.1) is 0 Å². The molecule has 9 nitrogen and oxygen atoms in total. The van der Waals surface area contributed by atoms with Crippen LogP contribution in [0.25, 0.3) is 10.9 Å². The molecule has 0 unspecified atom stereocenters. The summed E-state index contributed by atoms with van der Waals surface area (Å²) in [5, 5.41) is 13.1. The average molecular weight is 447 g/mol. The number of aliphatic hydroxyl groups is 1. The molecule has 4 rings (SSSR count). The molecule has 170 valence electrons. The number of aryl methyl sites for hydroxylation is 1. The van der Waals surface area contributed by atoms with Crippen LogP contribution in [0.4, 0.5) is 11.4 Å². The number of nitrogens with one attached hydrogen (secondary N) is 1. The molecule has 0 fully saturated rings. The van der Waals surface area contributed by atoms with Crippen molar-refractivity contribution in [3.05, 3.63) is 70.0 Å². The van der Waals surface area contributed by atoms with Crippen LogP contribution in [0.1, 0.15) is 24.0 Å². The van der Waals surface area contributed by atoms with Gasteiger partial charge in [-0.25, -0.2) is 0 Å². The molecule has 1 aromatic heterocycles. The van der Waals surface area contributed by atoms with Crippen LogP contribution in [0.15, 0.2) is 58.3 Å². The third kappa shape index (κ3) is 4.63. The number of aromatic nitrogens is 1. The summed E-state index contributed by atoms with van der Waals surface area (Å²) in [6.07, 6.45) is -0.0405. The Labute approximate surface area is 190 Å². The number of anilines is 2. The number of rotatable bonds is 7. The third-order valence-electron chi connectivity index (χ3n) is 5.70. The van der Waals surface area contributed by atoms with Crippen LogP contribution in [0.2, 0.25) is 0 Å². The molecule has 33 heavy (non-hydrogen) atoms. The lowest BCUT2D eigenvalue weighted by molar-refractivity contribution is -0.122. The maximum atomic E-state index is 12.9. The minimum absolute atomic E-state index is 0.0114. The zero-order chi connectivity index (χ0) is 23.5. The maximum absolute atomic E-state index is 12.9. The summed E-state index contributed by atoms with van der Waals surface area (Å²) >= 11 is 0. The van der Waals surface area contributed by atoms with E-state index in [1.807, 2.05) is 18.2 Å². The fourth-order valence-corrected chi connectivity index (χ4v) is 3.91. The van der Waals surface area contributed by atoms with Gasteiger partial charge >= 0.3 is 0 Å². The summed E-state index contributed by atoms with van der Waals surface area (Å²) in [6.45, 7) is 0.333. The van der Waals surface area contributed by atoms with Crippen LogP contribution in [0, 0.1) is 0 Å². The van der Waals surface area contributed by atoms with E-state index in [9.17, 15) is 19.5 Å². The number of hydrogen-bond donors (Lipinski definition) is 3. The molecule has 0 bridgehead atoms. The van der Waals surface area contributed by atoms with Crippen molar-refractivity contribution < 1.29 is 14.7 Å². The van der Waals surface area contributed by atoms with Gasteiger partial charge in [0.1, 0.15) is 5.84 Å². The quantitative estimate of drug-likeness (QED) is 0.505. The van der Waals surface area contributed by atoms with Gasteiger partial charge in [0, 0.05) is 49.4 Å². The zero-order valence-electron chi connectivity index (χ0n) is 18.2. The molecule has 1 aliphatic rings. The first-order chi connectivity index (χ1) is 15.9. The van der Waals surface area contributed by atoms with Crippen molar-refractivity contribution in [3.63, 3.8) is 0 Å². The molecule has 9 heteroatoms. The Balaban J connectivity index is 1.43. The van der Waals surface area contributed by atoms with E-state index in [1.54, 1.807) is 31.3 Å². The predicted molar refractivity (Wildman–Crippen MR) is 127 cm³/mol. The van der Waals surface area contributed by atoms with Crippen LogP contribution >= 0.6 is 0 Å². The monoisotopic (exact) mass is 447 g/mol. The number of nitrogens with zero attached hydrogens (tertiary/aromatic N) is 3. The van der Waals surface area contributed by atoms with Crippen LogP contribution in [-0.4, -0.2) is 40.5 Å². The first-order valence-corrected chi connectivity index (χ1v) is 10.6. The smallest absolute Gasteiger partial charge is 0.250 e. The largest absolute Gasteiger partial charge is 0.395 e. The van der Waals surface area contributed by atoms with Crippen LogP contribution < -0.4 is 21.5 Å². The highest BCUT2D eigenvalue weighted by atomic mass is 16.3. The Bertz CT molecular complexity index is 1330. The minimum Gasteiger partial charge on any atom is -0.395 e. The molecule has 0 saturated carbocycles. The predicted octanol–water partition coefficient (Wildman–Crippen LogP) is 1.50. The van der Waals surface area contributed by atoms with Crippen molar-refractivity contribution in [2.75, 3.05) is 23.4 Å². The van der Waals surface area contributed by atoms with E-state index < -0.39 is 0 Å². The molecule has 0 saturated heterocycles. The van der Waals surface area contributed by atoms with E-state index in [1.165, 1.54) is 15.5 Å². The fourth-order valence-electron chi connectivity index (χ4n) is 3.91. The number of hydrogen-bond acceptors (Lipinski definition) is 6. The number of nitrogens with two attached hydrogens (primary N) is 1. The molecule has 2 heterocycles. The summed E-state index contributed by atoms with van der Waals surface area (Å²) in [6, 6.07) is 13.9. The molecule has 4 N–H and O–H groups in total. The molecular formula is C24H25N5O4. The number of benzene rings is 2. The van der Waals surface area contributed by atoms with Gasteiger partial charge in [-0.1, -0.05) is 6.07 Å². The molecular weight excluding hydrogens is 422 g/mol. The average Bonchev–Trinajstić information content (AvgIpc) is 3.18. The highest BCUT2D eigenvalue weighted by molar-refractivity contribution is 6.02. The number of aliphatic imine (C=N–C) groups is 1. The van der Waals surface area contributed by atoms with Crippen molar-refractivity contribution in [1.82, 2.24) is 4.57 Å². The number of aliphatic hydroxyl groups excluding tert-OH is 1. The Morgan fingerprint density at radius 3 is 2.73 bits per heavy atom. The number of carbonyl (C=O) groups excluding carboxylic acids is 2. The summed E-state index contributed by atoms with van der Waals surface area (Å²) < 4.78 is 1.50. The second kappa shape index (κ2) is 9.25. The van der Waals surface area contributed by atoms with Gasteiger partial charge in [0.15, 0.2) is 0 Å². The van der Waals surface area contributed by atoms with Crippen molar-refractivity contribution >= 4 is 39.9 Å². The lowest BCUT2D eigenvalue weighted by atomic mass is 10.1. The maximum Gasteiger partial charge on any atom is 0.250 e. The first kappa shape index (κ1) is 22.2. The van der Waals surface area contributed by atoms with E-state index in [-0.39, 0.29) is 43.4 Å². The molecule has 3 aromatic rings. The molecule has 1 aliphatic heterocycles. The van der Waals surface area contributed by atoms with Gasteiger partial charge < -0.3 is 25.6 Å². The van der Waals surface area contributed by atoms with Gasteiger partial charge in [-0.2, -0.15) is 0 Å². The van der Waals surface area contributed by atoms with Crippen LogP contribution in [-0.2, 0) is 23.2 Å². The van der Waals surface area contributed by atoms with Gasteiger partial charge in [-0.3, -0.25) is 19.4 Å². The number of carbonyl (C=O) groups is 2.